The SMILES string of the molecule is CC(=O)N[C@@H]1[C@@H](NC(=O)CCCn2cncn2)[C@H]2CCO[C@H]21. The lowest BCUT2D eigenvalue weighted by Gasteiger charge is -2.47. The highest BCUT2D eigenvalue weighted by atomic mass is 16.5. The molecule has 0 aromatic carbocycles. The van der Waals surface area contributed by atoms with Crippen LogP contribution in [0.25, 0.3) is 0 Å². The monoisotopic (exact) mass is 307 g/mol. The highest BCUT2D eigenvalue weighted by Crippen LogP contribution is 2.39. The van der Waals surface area contributed by atoms with E-state index in [0.717, 1.165) is 6.42 Å². The Morgan fingerprint density at radius 1 is 1.36 bits per heavy atom. The van der Waals surface area contributed by atoms with Gasteiger partial charge in [0.05, 0.1) is 18.2 Å². The fraction of sp³-hybridized carbons (Fsp3) is 0.714. The van der Waals surface area contributed by atoms with Gasteiger partial charge in [0, 0.05) is 32.4 Å². The molecule has 1 saturated carbocycles. The third-order valence-electron chi connectivity index (χ3n) is 4.34. The number of nitrogens with zero attached hydrogens (tertiary/aromatic N) is 3. The average Bonchev–Trinajstić information content (AvgIpc) is 3.12. The van der Waals surface area contributed by atoms with Gasteiger partial charge in [-0.15, -0.1) is 0 Å². The van der Waals surface area contributed by atoms with Crippen molar-refractivity contribution in [1.82, 2.24) is 25.4 Å². The summed E-state index contributed by atoms with van der Waals surface area (Å²) in [6.07, 6.45) is 5.23. The number of fused-ring (bicyclic) bond motifs is 1. The molecule has 120 valence electrons. The number of carbonyl (C=O) groups excluding carboxylic acids is 2. The zero-order valence-electron chi connectivity index (χ0n) is 12.6. The molecule has 8 heteroatoms. The number of aryl methyl sites for hydroxylation is 1. The number of hydrogen-bond donors (Lipinski definition) is 2. The van der Waals surface area contributed by atoms with Crippen LogP contribution in [0, 0.1) is 5.92 Å². The van der Waals surface area contributed by atoms with Crippen molar-refractivity contribution >= 4 is 11.8 Å². The Labute approximate surface area is 128 Å². The molecule has 4 atom stereocenters. The first kappa shape index (κ1) is 15.0. The predicted molar refractivity (Wildman–Crippen MR) is 76.6 cm³/mol. The Kier molecular flexibility index (Phi) is 4.37. The summed E-state index contributed by atoms with van der Waals surface area (Å²) in [6.45, 7) is 2.85. The molecule has 0 spiro atoms. The van der Waals surface area contributed by atoms with Gasteiger partial charge >= 0.3 is 0 Å². The number of nitrogens with one attached hydrogen (secondary N) is 2. The first-order chi connectivity index (χ1) is 10.6. The third kappa shape index (κ3) is 3.11. The zero-order valence-corrected chi connectivity index (χ0v) is 12.6. The van der Waals surface area contributed by atoms with Gasteiger partial charge in [-0.25, -0.2) is 4.98 Å². The van der Waals surface area contributed by atoms with E-state index in [4.69, 9.17) is 4.74 Å². The van der Waals surface area contributed by atoms with Crippen molar-refractivity contribution < 1.29 is 14.3 Å². The van der Waals surface area contributed by atoms with Crippen molar-refractivity contribution in [3.05, 3.63) is 12.7 Å². The van der Waals surface area contributed by atoms with Gasteiger partial charge in [-0.1, -0.05) is 0 Å². The summed E-state index contributed by atoms with van der Waals surface area (Å²) in [5.41, 5.74) is 0. The predicted octanol–water partition coefficient (Wildman–Crippen LogP) is -0.533. The summed E-state index contributed by atoms with van der Waals surface area (Å²) < 4.78 is 7.33. The van der Waals surface area contributed by atoms with Crippen LogP contribution in [0.1, 0.15) is 26.2 Å². The Bertz CT molecular complexity index is 533. The van der Waals surface area contributed by atoms with Gasteiger partial charge in [-0.05, 0) is 12.8 Å². The van der Waals surface area contributed by atoms with Crippen LogP contribution in [-0.2, 0) is 20.9 Å². The second-order valence-corrected chi connectivity index (χ2v) is 5.87. The van der Waals surface area contributed by atoms with E-state index >= 15 is 0 Å². The largest absolute Gasteiger partial charge is 0.376 e. The number of aromatic nitrogens is 3. The summed E-state index contributed by atoms with van der Waals surface area (Å²) in [7, 11) is 0. The Hall–Kier alpha value is -1.96. The molecule has 0 bridgehead atoms. The van der Waals surface area contributed by atoms with Gasteiger partial charge in [0.2, 0.25) is 11.8 Å². The number of carbonyl (C=O) groups is 2. The van der Waals surface area contributed by atoms with Gasteiger partial charge in [0.15, 0.2) is 0 Å². The van der Waals surface area contributed by atoms with Crippen molar-refractivity contribution in [3.8, 4) is 0 Å². The number of amides is 2. The summed E-state index contributed by atoms with van der Waals surface area (Å²) in [5.74, 6) is 0.228. The number of rotatable bonds is 6. The fourth-order valence-electron chi connectivity index (χ4n) is 3.32. The molecule has 1 aromatic heterocycles. The van der Waals surface area contributed by atoms with E-state index < -0.39 is 0 Å². The lowest BCUT2D eigenvalue weighted by atomic mass is 9.71. The van der Waals surface area contributed by atoms with Gasteiger partial charge in [-0.3, -0.25) is 14.3 Å². The van der Waals surface area contributed by atoms with Crippen molar-refractivity contribution in [2.75, 3.05) is 6.61 Å². The van der Waals surface area contributed by atoms with E-state index in [1.165, 1.54) is 13.3 Å². The Balaban J connectivity index is 1.46. The fourth-order valence-corrected chi connectivity index (χ4v) is 3.32. The molecule has 2 amide bonds. The summed E-state index contributed by atoms with van der Waals surface area (Å²) in [5, 5.41) is 9.93. The van der Waals surface area contributed by atoms with Crippen molar-refractivity contribution in [1.29, 1.82) is 0 Å². The molecule has 1 aromatic rings. The molecule has 2 N–H and O–H groups in total. The minimum absolute atomic E-state index is 0.00539. The van der Waals surface area contributed by atoms with Crippen LogP contribution in [0.15, 0.2) is 12.7 Å². The van der Waals surface area contributed by atoms with E-state index in [9.17, 15) is 9.59 Å². The van der Waals surface area contributed by atoms with E-state index in [1.54, 1.807) is 11.0 Å². The molecule has 22 heavy (non-hydrogen) atoms. The van der Waals surface area contributed by atoms with Gasteiger partial charge in [0.25, 0.3) is 0 Å². The van der Waals surface area contributed by atoms with E-state index in [0.29, 0.717) is 31.9 Å². The molecular weight excluding hydrogens is 286 g/mol. The lowest BCUT2D eigenvalue weighted by Crippen LogP contribution is -2.70. The minimum atomic E-state index is -0.107. The second kappa shape index (κ2) is 6.43. The normalized spacial score (nSPS) is 29.5. The Morgan fingerprint density at radius 2 is 2.23 bits per heavy atom. The molecule has 1 saturated heterocycles. The van der Waals surface area contributed by atoms with E-state index in [-0.39, 0.29) is 30.0 Å². The van der Waals surface area contributed by atoms with Crippen LogP contribution in [0.4, 0.5) is 0 Å². The summed E-state index contributed by atoms with van der Waals surface area (Å²) in [4.78, 5) is 27.2. The average molecular weight is 307 g/mol. The maximum atomic E-state index is 12.1. The second-order valence-electron chi connectivity index (χ2n) is 5.87. The Morgan fingerprint density at radius 3 is 2.95 bits per heavy atom. The number of hydrogen-bond acceptors (Lipinski definition) is 5. The van der Waals surface area contributed by atoms with E-state index in [1.807, 2.05) is 0 Å². The lowest BCUT2D eigenvalue weighted by molar-refractivity contribution is -0.130. The first-order valence-corrected chi connectivity index (χ1v) is 7.65. The van der Waals surface area contributed by atoms with Gasteiger partial charge in [0.1, 0.15) is 12.7 Å². The maximum Gasteiger partial charge on any atom is 0.220 e. The van der Waals surface area contributed by atoms with Crippen molar-refractivity contribution in [2.24, 2.45) is 5.92 Å². The molecule has 2 aliphatic rings. The molecular formula is C14H21N5O3. The summed E-state index contributed by atoms with van der Waals surface area (Å²) >= 11 is 0. The quantitative estimate of drug-likeness (QED) is 0.736. The molecule has 0 unspecified atom stereocenters. The molecule has 2 fully saturated rings. The zero-order chi connectivity index (χ0) is 15.5. The molecule has 8 nitrogen and oxygen atoms in total. The van der Waals surface area contributed by atoms with Crippen molar-refractivity contribution in [2.45, 2.75) is 50.9 Å². The van der Waals surface area contributed by atoms with Crippen LogP contribution >= 0.6 is 0 Å². The standard InChI is InChI=1S/C14H21N5O3/c1-9(20)17-13-12(10-4-6-22-14(10)13)18-11(21)3-2-5-19-8-15-7-16-19/h7-8,10,12-14H,2-6H2,1H3,(H,17,20)(H,18,21)/t10-,12+,13-,14-/m1/s1. The molecule has 0 radical (unpaired) electrons. The molecule has 1 aliphatic carbocycles. The molecule has 3 rings (SSSR count). The highest BCUT2D eigenvalue weighted by Gasteiger charge is 2.54. The van der Waals surface area contributed by atoms with Crippen LogP contribution in [0.2, 0.25) is 0 Å². The topological polar surface area (TPSA) is 98.1 Å². The number of ether oxygens (including phenoxy) is 1. The van der Waals surface area contributed by atoms with Crippen molar-refractivity contribution in [3.63, 3.8) is 0 Å². The van der Waals surface area contributed by atoms with Crippen LogP contribution < -0.4 is 10.6 Å². The molecule has 1 aliphatic heterocycles. The smallest absolute Gasteiger partial charge is 0.220 e. The molecule has 2 heterocycles. The first-order valence-electron chi connectivity index (χ1n) is 7.65. The van der Waals surface area contributed by atoms with Crippen LogP contribution in [0.3, 0.4) is 0 Å². The van der Waals surface area contributed by atoms with Crippen LogP contribution in [0.5, 0.6) is 0 Å². The maximum absolute atomic E-state index is 12.1. The van der Waals surface area contributed by atoms with Crippen LogP contribution in [-0.4, -0.2) is 51.4 Å². The van der Waals surface area contributed by atoms with Gasteiger partial charge in [-0.2, -0.15) is 5.10 Å². The van der Waals surface area contributed by atoms with Gasteiger partial charge < -0.3 is 15.4 Å². The summed E-state index contributed by atoms with van der Waals surface area (Å²) in [6, 6.07) is -0.125. The highest BCUT2D eigenvalue weighted by molar-refractivity contribution is 5.77. The third-order valence-corrected chi connectivity index (χ3v) is 4.34. The minimum Gasteiger partial charge on any atom is -0.376 e. The van der Waals surface area contributed by atoms with E-state index in [2.05, 4.69) is 20.7 Å².